The number of nitrogens with zero attached hydrogens (tertiary/aromatic N) is 5. The smallest absolute Gasteiger partial charge is 0.290 e. The van der Waals surface area contributed by atoms with Gasteiger partial charge in [0.1, 0.15) is 11.7 Å². The second-order valence-corrected chi connectivity index (χ2v) is 6.30. The third-order valence-electron chi connectivity index (χ3n) is 4.45. The van der Waals surface area contributed by atoms with Gasteiger partial charge >= 0.3 is 0 Å². The lowest BCUT2D eigenvalue weighted by atomic mass is 10.1. The molecular weight excluding hydrogens is 322 g/mol. The van der Waals surface area contributed by atoms with Crippen molar-refractivity contribution in [2.24, 2.45) is 7.05 Å². The molecule has 3 aromatic rings. The molecule has 0 bridgehead atoms. The minimum atomic E-state index is -0.377. The Labute approximate surface area is 144 Å². The highest BCUT2D eigenvalue weighted by Gasteiger charge is 2.31. The van der Waals surface area contributed by atoms with Crippen LogP contribution < -0.4 is 0 Å². The van der Waals surface area contributed by atoms with Gasteiger partial charge in [0.2, 0.25) is 5.82 Å². The van der Waals surface area contributed by atoms with E-state index in [0.29, 0.717) is 31.3 Å². The summed E-state index contributed by atoms with van der Waals surface area (Å²) in [6, 6.07) is 5.96. The van der Waals surface area contributed by atoms with E-state index < -0.39 is 0 Å². The molecule has 0 aliphatic carbocycles. The van der Waals surface area contributed by atoms with Gasteiger partial charge in [-0.25, -0.2) is 0 Å². The van der Waals surface area contributed by atoms with Crippen LogP contribution in [0.4, 0.5) is 0 Å². The van der Waals surface area contributed by atoms with Crippen LogP contribution in [0, 0.1) is 13.8 Å². The molecule has 8 nitrogen and oxygen atoms in total. The molecule has 2 aromatic heterocycles. The zero-order valence-electron chi connectivity index (χ0n) is 14.4. The molecule has 1 aliphatic rings. The van der Waals surface area contributed by atoms with Gasteiger partial charge in [-0.3, -0.25) is 4.79 Å². The Morgan fingerprint density at radius 3 is 2.92 bits per heavy atom. The normalized spacial score (nSPS) is 18.0. The summed E-state index contributed by atoms with van der Waals surface area (Å²) in [5.41, 5.74) is 2.70. The van der Waals surface area contributed by atoms with E-state index >= 15 is 0 Å². The van der Waals surface area contributed by atoms with Gasteiger partial charge in [0.05, 0.1) is 20.2 Å². The molecule has 0 N–H and O–H groups in total. The Morgan fingerprint density at radius 1 is 1.32 bits per heavy atom. The van der Waals surface area contributed by atoms with Gasteiger partial charge in [0.15, 0.2) is 5.76 Å². The third-order valence-corrected chi connectivity index (χ3v) is 4.45. The van der Waals surface area contributed by atoms with Crippen LogP contribution in [-0.4, -0.2) is 50.7 Å². The summed E-state index contributed by atoms with van der Waals surface area (Å²) < 4.78 is 11.6. The number of amides is 1. The van der Waals surface area contributed by atoms with Crippen molar-refractivity contribution in [1.29, 1.82) is 0 Å². The van der Waals surface area contributed by atoms with E-state index in [1.54, 1.807) is 11.9 Å². The Hall–Kier alpha value is -2.74. The Morgan fingerprint density at radius 2 is 2.16 bits per heavy atom. The van der Waals surface area contributed by atoms with Crippen molar-refractivity contribution in [2.45, 2.75) is 20.0 Å². The van der Waals surface area contributed by atoms with Gasteiger partial charge in [-0.15, -0.1) is 10.2 Å². The van der Waals surface area contributed by atoms with Crippen molar-refractivity contribution in [3.63, 3.8) is 0 Å². The molecule has 1 atom stereocenters. The minimum absolute atomic E-state index is 0.136. The van der Waals surface area contributed by atoms with Crippen LogP contribution in [0.25, 0.3) is 11.0 Å². The number of fused-ring (bicyclic) bond motifs is 1. The second kappa shape index (κ2) is 5.96. The number of tetrazole rings is 1. The number of carbonyl (C=O) groups is 1. The first kappa shape index (κ1) is 15.8. The van der Waals surface area contributed by atoms with Crippen molar-refractivity contribution in [1.82, 2.24) is 25.1 Å². The number of ether oxygens (including phenoxy) is 1. The average Bonchev–Trinajstić information content (AvgIpc) is 3.18. The van der Waals surface area contributed by atoms with E-state index in [1.165, 1.54) is 4.80 Å². The van der Waals surface area contributed by atoms with Gasteiger partial charge in [-0.1, -0.05) is 12.1 Å². The van der Waals surface area contributed by atoms with E-state index in [4.69, 9.17) is 9.15 Å². The maximum atomic E-state index is 13.0. The molecular formula is C17H19N5O3. The van der Waals surface area contributed by atoms with Crippen molar-refractivity contribution in [2.75, 3.05) is 19.7 Å². The van der Waals surface area contributed by atoms with Crippen LogP contribution in [0.5, 0.6) is 0 Å². The summed E-state index contributed by atoms with van der Waals surface area (Å²) in [6.45, 7) is 5.22. The van der Waals surface area contributed by atoms with Crippen molar-refractivity contribution < 1.29 is 13.9 Å². The number of hydrogen-bond acceptors (Lipinski definition) is 6. The predicted octanol–water partition coefficient (Wildman–Crippen LogP) is 1.79. The Balaban J connectivity index is 1.61. The highest BCUT2D eigenvalue weighted by atomic mass is 16.5. The van der Waals surface area contributed by atoms with E-state index in [-0.39, 0.29) is 12.0 Å². The van der Waals surface area contributed by atoms with Gasteiger partial charge < -0.3 is 14.1 Å². The van der Waals surface area contributed by atoms with Crippen molar-refractivity contribution in [3.8, 4) is 0 Å². The summed E-state index contributed by atoms with van der Waals surface area (Å²) in [5, 5.41) is 12.9. The molecule has 1 aromatic carbocycles. The lowest BCUT2D eigenvalue weighted by Crippen LogP contribution is -2.42. The number of aryl methyl sites for hydroxylation is 3. The van der Waals surface area contributed by atoms with Crippen LogP contribution >= 0.6 is 0 Å². The highest BCUT2D eigenvalue weighted by molar-refractivity contribution is 5.99. The first-order valence-electron chi connectivity index (χ1n) is 8.17. The first-order chi connectivity index (χ1) is 12.0. The average molecular weight is 341 g/mol. The van der Waals surface area contributed by atoms with Gasteiger partial charge in [-0.05, 0) is 30.7 Å². The molecule has 0 spiro atoms. The molecule has 1 unspecified atom stereocenters. The summed E-state index contributed by atoms with van der Waals surface area (Å²) in [4.78, 5) is 16.1. The largest absolute Gasteiger partial charge is 0.451 e. The monoisotopic (exact) mass is 341 g/mol. The zero-order valence-corrected chi connectivity index (χ0v) is 14.4. The summed E-state index contributed by atoms with van der Waals surface area (Å²) in [7, 11) is 1.70. The Kier molecular flexibility index (Phi) is 3.76. The SMILES string of the molecule is Cc1ccc2c(C)c(C(=O)N3CCOC(c4nnn(C)n4)C3)oc2c1. The molecule has 8 heteroatoms. The van der Waals surface area contributed by atoms with Gasteiger partial charge in [0, 0.05) is 17.5 Å². The highest BCUT2D eigenvalue weighted by Crippen LogP contribution is 2.28. The maximum Gasteiger partial charge on any atom is 0.290 e. The molecule has 130 valence electrons. The minimum Gasteiger partial charge on any atom is -0.451 e. The number of morpholine rings is 1. The second-order valence-electron chi connectivity index (χ2n) is 6.30. The number of carbonyl (C=O) groups excluding carboxylic acids is 1. The third kappa shape index (κ3) is 2.78. The summed E-state index contributed by atoms with van der Waals surface area (Å²) in [5.74, 6) is 0.730. The van der Waals surface area contributed by atoms with Gasteiger partial charge in [0.25, 0.3) is 5.91 Å². The summed E-state index contributed by atoms with van der Waals surface area (Å²) >= 11 is 0. The molecule has 4 rings (SSSR count). The topological polar surface area (TPSA) is 86.3 Å². The molecule has 0 saturated carbocycles. The fraction of sp³-hybridized carbons (Fsp3) is 0.412. The van der Waals surface area contributed by atoms with Crippen molar-refractivity contribution in [3.05, 3.63) is 40.9 Å². The predicted molar refractivity (Wildman–Crippen MR) is 89.1 cm³/mol. The molecule has 0 radical (unpaired) electrons. The number of benzene rings is 1. The van der Waals surface area contributed by atoms with E-state index in [0.717, 1.165) is 22.1 Å². The number of furan rings is 1. The summed E-state index contributed by atoms with van der Waals surface area (Å²) in [6.07, 6.45) is -0.377. The molecule has 1 aliphatic heterocycles. The molecule has 1 amide bonds. The lowest BCUT2D eigenvalue weighted by Gasteiger charge is -2.30. The van der Waals surface area contributed by atoms with Crippen LogP contribution in [-0.2, 0) is 11.8 Å². The molecule has 25 heavy (non-hydrogen) atoms. The number of rotatable bonds is 2. The Bertz CT molecular complexity index is 945. The van der Waals surface area contributed by atoms with E-state index in [2.05, 4.69) is 15.4 Å². The number of hydrogen-bond donors (Lipinski definition) is 0. The molecule has 1 saturated heterocycles. The lowest BCUT2D eigenvalue weighted by molar-refractivity contribution is -0.0277. The first-order valence-corrected chi connectivity index (χ1v) is 8.17. The molecule has 3 heterocycles. The van der Waals surface area contributed by atoms with Gasteiger partial charge in [-0.2, -0.15) is 4.80 Å². The van der Waals surface area contributed by atoms with Crippen LogP contribution in [0.1, 0.15) is 33.6 Å². The number of aromatic nitrogens is 4. The van der Waals surface area contributed by atoms with Crippen molar-refractivity contribution >= 4 is 16.9 Å². The van der Waals surface area contributed by atoms with Crippen LogP contribution in [0.2, 0.25) is 0 Å². The zero-order chi connectivity index (χ0) is 17.6. The quantitative estimate of drug-likeness (QED) is 0.706. The van der Waals surface area contributed by atoms with Crippen LogP contribution in [0.15, 0.2) is 22.6 Å². The standard InChI is InChI=1S/C17H19N5O3/c1-10-4-5-12-11(2)15(25-13(12)8-10)17(23)22-6-7-24-14(9-22)16-18-20-21(3)19-16/h4-5,8,14H,6-7,9H2,1-3H3. The fourth-order valence-corrected chi connectivity index (χ4v) is 3.10. The maximum absolute atomic E-state index is 13.0. The fourth-order valence-electron chi connectivity index (χ4n) is 3.10. The van der Waals surface area contributed by atoms with E-state index in [1.807, 2.05) is 32.0 Å². The van der Waals surface area contributed by atoms with Crippen LogP contribution in [0.3, 0.4) is 0 Å². The molecule has 1 fully saturated rings. The van der Waals surface area contributed by atoms with E-state index in [9.17, 15) is 4.79 Å².